The highest BCUT2D eigenvalue weighted by molar-refractivity contribution is 14.0. The molecule has 1 aromatic rings. The first kappa shape index (κ1) is 22.1. The summed E-state index contributed by atoms with van der Waals surface area (Å²) in [4.78, 5) is 9.52. The van der Waals surface area contributed by atoms with Gasteiger partial charge < -0.3 is 19.7 Å². The number of nitrogens with zero attached hydrogens (tertiary/aromatic N) is 3. The third-order valence-corrected chi connectivity index (χ3v) is 5.31. The van der Waals surface area contributed by atoms with Crippen LogP contribution in [0.3, 0.4) is 0 Å². The average Bonchev–Trinajstić information content (AvgIpc) is 3.34. The predicted molar refractivity (Wildman–Crippen MR) is 121 cm³/mol. The maximum absolute atomic E-state index is 5.67. The minimum atomic E-state index is 0. The Morgan fingerprint density at radius 1 is 1.22 bits per heavy atom. The topological polar surface area (TPSA) is 49.3 Å². The molecular weight excluding hydrogens is 455 g/mol. The Balaban J connectivity index is 0.00000261. The molecule has 1 atom stereocenters. The van der Waals surface area contributed by atoms with E-state index in [0.717, 1.165) is 42.7 Å². The average molecular weight is 488 g/mol. The molecule has 6 nitrogen and oxygen atoms in total. The molecule has 2 aliphatic heterocycles. The molecule has 0 bridgehead atoms. The zero-order valence-corrected chi connectivity index (χ0v) is 19.1. The van der Waals surface area contributed by atoms with Crippen molar-refractivity contribution in [2.24, 2.45) is 4.99 Å². The normalized spacial score (nSPS) is 20.5. The van der Waals surface area contributed by atoms with Crippen LogP contribution in [0.15, 0.2) is 23.2 Å². The molecule has 0 saturated carbocycles. The summed E-state index contributed by atoms with van der Waals surface area (Å²) in [5, 5.41) is 3.51. The summed E-state index contributed by atoms with van der Waals surface area (Å²) < 4.78 is 11.0. The van der Waals surface area contributed by atoms with Crippen molar-refractivity contribution in [1.82, 2.24) is 15.1 Å². The molecule has 2 saturated heterocycles. The van der Waals surface area contributed by atoms with Crippen LogP contribution in [0, 0.1) is 0 Å². The molecule has 27 heavy (non-hydrogen) atoms. The third kappa shape index (κ3) is 5.63. The quantitative estimate of drug-likeness (QED) is 0.379. The van der Waals surface area contributed by atoms with Gasteiger partial charge in [-0.1, -0.05) is 6.07 Å². The minimum Gasteiger partial charge on any atom is -0.493 e. The summed E-state index contributed by atoms with van der Waals surface area (Å²) in [5.74, 6) is 2.55. The van der Waals surface area contributed by atoms with Gasteiger partial charge in [0.2, 0.25) is 0 Å². The van der Waals surface area contributed by atoms with Gasteiger partial charge in [-0.3, -0.25) is 9.89 Å². The lowest BCUT2D eigenvalue weighted by Gasteiger charge is -2.25. The Bertz CT molecular complexity index is 620. The van der Waals surface area contributed by atoms with E-state index in [1.165, 1.54) is 32.4 Å². The molecule has 2 aliphatic rings. The first-order valence-corrected chi connectivity index (χ1v) is 9.74. The number of guanidine groups is 1. The Hall–Kier alpha value is -1.22. The van der Waals surface area contributed by atoms with Crippen molar-refractivity contribution in [2.45, 2.75) is 38.8 Å². The molecule has 7 heteroatoms. The van der Waals surface area contributed by atoms with E-state index in [1.54, 1.807) is 7.11 Å². The summed E-state index contributed by atoms with van der Waals surface area (Å²) in [6.07, 6.45) is 3.93. The minimum absolute atomic E-state index is 0. The van der Waals surface area contributed by atoms with Gasteiger partial charge in [-0.05, 0) is 57.0 Å². The molecule has 2 heterocycles. The molecule has 0 aromatic heterocycles. The van der Waals surface area contributed by atoms with Crippen molar-refractivity contribution in [3.05, 3.63) is 23.8 Å². The molecule has 0 radical (unpaired) electrons. The maximum atomic E-state index is 5.67. The number of methoxy groups -OCH3 is 1. The highest BCUT2D eigenvalue weighted by Gasteiger charge is 2.30. The van der Waals surface area contributed by atoms with Gasteiger partial charge in [0.25, 0.3) is 0 Å². The zero-order chi connectivity index (χ0) is 18.4. The van der Waals surface area contributed by atoms with Crippen LogP contribution >= 0.6 is 24.0 Å². The molecule has 1 N–H and O–H groups in total. The summed E-state index contributed by atoms with van der Waals surface area (Å²) in [6.45, 7) is 8.01. The molecule has 0 aliphatic carbocycles. The second-order valence-electron chi connectivity index (χ2n) is 6.95. The summed E-state index contributed by atoms with van der Waals surface area (Å²) >= 11 is 0. The van der Waals surface area contributed by atoms with Crippen LogP contribution in [-0.2, 0) is 6.54 Å². The van der Waals surface area contributed by atoms with Crippen LogP contribution in [0.25, 0.3) is 0 Å². The van der Waals surface area contributed by atoms with Crippen LogP contribution in [0.1, 0.15) is 31.7 Å². The van der Waals surface area contributed by atoms with Gasteiger partial charge in [0.1, 0.15) is 0 Å². The summed E-state index contributed by atoms with van der Waals surface area (Å²) in [5.41, 5.74) is 1.16. The Morgan fingerprint density at radius 2 is 2.00 bits per heavy atom. The Morgan fingerprint density at radius 3 is 2.67 bits per heavy atom. The van der Waals surface area contributed by atoms with E-state index in [4.69, 9.17) is 9.47 Å². The molecule has 2 fully saturated rings. The third-order valence-electron chi connectivity index (χ3n) is 5.31. The number of halogens is 1. The number of rotatable bonds is 6. The molecule has 1 unspecified atom stereocenters. The first-order chi connectivity index (χ1) is 12.7. The van der Waals surface area contributed by atoms with Crippen molar-refractivity contribution < 1.29 is 9.47 Å². The number of aliphatic imine (C=N–C) groups is 1. The fourth-order valence-corrected chi connectivity index (χ4v) is 3.95. The number of nitrogens with one attached hydrogen (secondary N) is 1. The monoisotopic (exact) mass is 488 g/mol. The lowest BCUT2D eigenvalue weighted by atomic mass is 10.2. The van der Waals surface area contributed by atoms with Crippen LogP contribution in [0.5, 0.6) is 11.5 Å². The van der Waals surface area contributed by atoms with Gasteiger partial charge in [-0.15, -0.1) is 24.0 Å². The van der Waals surface area contributed by atoms with Crippen LogP contribution in [0.2, 0.25) is 0 Å². The largest absolute Gasteiger partial charge is 0.493 e. The molecule has 1 aromatic carbocycles. The lowest BCUT2D eigenvalue weighted by Crippen LogP contribution is -2.42. The molecule has 0 spiro atoms. The number of hydrogen-bond donors (Lipinski definition) is 1. The van der Waals surface area contributed by atoms with E-state index >= 15 is 0 Å². The Labute approximate surface area is 180 Å². The fourth-order valence-electron chi connectivity index (χ4n) is 3.95. The smallest absolute Gasteiger partial charge is 0.193 e. The standard InChI is InChI=1S/C20H32N4O2.HI/c1-4-26-19-13-16(7-8-18(19)25-3)14-22-20(21-2)24-12-9-17(15-24)23-10-5-6-11-23;/h7-8,13,17H,4-6,9-12,14-15H2,1-3H3,(H,21,22);1H. The predicted octanol–water partition coefficient (Wildman–Crippen LogP) is 2.96. The van der Waals surface area contributed by atoms with Gasteiger partial charge in [0, 0.05) is 32.7 Å². The van der Waals surface area contributed by atoms with E-state index < -0.39 is 0 Å². The van der Waals surface area contributed by atoms with Crippen molar-refractivity contribution in [1.29, 1.82) is 0 Å². The van der Waals surface area contributed by atoms with E-state index in [-0.39, 0.29) is 24.0 Å². The second kappa shape index (κ2) is 10.9. The lowest BCUT2D eigenvalue weighted by molar-refractivity contribution is 0.249. The van der Waals surface area contributed by atoms with Crippen LogP contribution in [-0.4, -0.2) is 68.7 Å². The van der Waals surface area contributed by atoms with Gasteiger partial charge in [0.05, 0.1) is 13.7 Å². The molecule has 152 valence electrons. The first-order valence-electron chi connectivity index (χ1n) is 9.74. The van der Waals surface area contributed by atoms with Crippen molar-refractivity contribution in [2.75, 3.05) is 46.9 Å². The fraction of sp³-hybridized carbons (Fsp3) is 0.650. The van der Waals surface area contributed by atoms with E-state index in [2.05, 4.69) is 26.2 Å². The number of likely N-dealkylation sites (tertiary alicyclic amines) is 2. The SMILES string of the molecule is CCOc1cc(CNC(=NC)N2CCC(N3CCCC3)C2)ccc1OC.I. The maximum Gasteiger partial charge on any atom is 0.193 e. The summed E-state index contributed by atoms with van der Waals surface area (Å²) in [7, 11) is 3.53. The molecule has 3 rings (SSSR count). The van der Waals surface area contributed by atoms with E-state index in [1.807, 2.05) is 26.1 Å². The van der Waals surface area contributed by atoms with Crippen molar-refractivity contribution >= 4 is 29.9 Å². The van der Waals surface area contributed by atoms with Crippen molar-refractivity contribution in [3.8, 4) is 11.5 Å². The number of benzene rings is 1. The van der Waals surface area contributed by atoms with Gasteiger partial charge in [0.15, 0.2) is 17.5 Å². The van der Waals surface area contributed by atoms with Crippen molar-refractivity contribution in [3.63, 3.8) is 0 Å². The molecule has 0 amide bonds. The number of hydrogen-bond acceptors (Lipinski definition) is 4. The second-order valence-corrected chi connectivity index (χ2v) is 6.95. The van der Waals surface area contributed by atoms with Crippen LogP contribution < -0.4 is 14.8 Å². The van der Waals surface area contributed by atoms with E-state index in [9.17, 15) is 0 Å². The molecular formula is C20H33IN4O2. The summed E-state index contributed by atoms with van der Waals surface area (Å²) in [6, 6.07) is 6.75. The van der Waals surface area contributed by atoms with Gasteiger partial charge in [-0.25, -0.2) is 0 Å². The highest BCUT2D eigenvalue weighted by Crippen LogP contribution is 2.28. The Kier molecular flexibility index (Phi) is 8.95. The van der Waals surface area contributed by atoms with E-state index in [0.29, 0.717) is 12.6 Å². The van der Waals surface area contributed by atoms with Gasteiger partial charge in [-0.2, -0.15) is 0 Å². The van der Waals surface area contributed by atoms with Crippen LogP contribution in [0.4, 0.5) is 0 Å². The van der Waals surface area contributed by atoms with Gasteiger partial charge >= 0.3 is 0 Å². The highest BCUT2D eigenvalue weighted by atomic mass is 127. The zero-order valence-electron chi connectivity index (χ0n) is 16.7. The number of ether oxygens (including phenoxy) is 2.